The summed E-state index contributed by atoms with van der Waals surface area (Å²) in [6, 6.07) is 9.95. The van der Waals surface area contributed by atoms with Crippen LogP contribution in [0.5, 0.6) is 0 Å². The molecule has 2 saturated heterocycles. The van der Waals surface area contributed by atoms with Crippen molar-refractivity contribution in [2.75, 3.05) is 46.2 Å². The molecule has 0 saturated carbocycles. The van der Waals surface area contributed by atoms with Crippen LogP contribution in [0.15, 0.2) is 113 Å². The third-order valence-corrected chi connectivity index (χ3v) is 20.4. The number of aromatic nitrogens is 9. The largest absolute Gasteiger partial charge is 0.395 e. The van der Waals surface area contributed by atoms with E-state index in [4.69, 9.17) is 34.3 Å². The third kappa shape index (κ3) is 28.3. The standard InChI is InChI=1S/C23H35N3O3S.C18H25N3O3S.C12H18O.C11H21N3O3S.4CH4/c1-16(2)17(3)9-10-18(4)19(5)21-28-11-20(12-29-21)30-22(6,7)23(8,27)13-26-15-24-14-25-26;1-17(2,18(3,22)11-21-13-19-12-20-21)25-15-9-23-16(24-10-15)14-7-5-4-6-8-14;1-9(2)10(3)6-7-11(4)12(5)8-13;1-10(2,18-9(4-15)5-16)11(3,17)6-14-8-12-7-13-14;;;;/h14-15,20-21,27H,11-13H2,1-8H3;4-8,12-13,15-16,22H,9-11H2,1-3H3;13H,8H2,1-5H3;7-9,15-17H,4-6H2,1-3H3;4*1H4/b19-18-;;12-11-;;;;;. The first-order valence-corrected chi connectivity index (χ1v) is 31.4. The van der Waals surface area contributed by atoms with E-state index in [1.165, 1.54) is 41.9 Å². The maximum absolute atomic E-state index is 11.1. The molecule has 4 aromatic rings. The molecule has 6 N–H and O–H groups in total. The van der Waals surface area contributed by atoms with Crippen LogP contribution in [0.4, 0.5) is 0 Å². The Labute approximate surface area is 554 Å². The van der Waals surface area contributed by atoms with Gasteiger partial charge in [-0.25, -0.2) is 15.0 Å². The molecule has 22 heteroatoms. The van der Waals surface area contributed by atoms with Gasteiger partial charge in [-0.15, -0.1) is 35.3 Å². The Hall–Kier alpha value is -4.63. The fourth-order valence-corrected chi connectivity index (χ4v) is 11.7. The predicted octanol–water partition coefficient (Wildman–Crippen LogP) is 11.7. The van der Waals surface area contributed by atoms with Crippen molar-refractivity contribution in [3.63, 3.8) is 0 Å². The number of aliphatic hydroxyl groups is 6. The third-order valence-electron chi connectivity index (χ3n) is 15.5. The van der Waals surface area contributed by atoms with E-state index in [-0.39, 0.29) is 77.9 Å². The van der Waals surface area contributed by atoms with E-state index in [1.54, 1.807) is 63.5 Å². The number of allylic oxidation sites excluding steroid dienone is 6. The zero-order chi connectivity index (χ0) is 64.7. The Morgan fingerprint density at radius 1 is 0.511 bits per heavy atom. The predicted molar refractivity (Wildman–Crippen MR) is 374 cm³/mol. The Balaban J connectivity index is 0. The highest BCUT2D eigenvalue weighted by molar-refractivity contribution is 8.01. The minimum Gasteiger partial charge on any atom is -0.395 e. The molecule has 0 spiro atoms. The van der Waals surface area contributed by atoms with Crippen LogP contribution in [-0.2, 0) is 38.6 Å². The molecule has 3 unspecified atom stereocenters. The van der Waals surface area contributed by atoms with Crippen molar-refractivity contribution in [2.45, 2.75) is 240 Å². The van der Waals surface area contributed by atoms with E-state index in [9.17, 15) is 15.3 Å². The van der Waals surface area contributed by atoms with E-state index in [0.29, 0.717) is 46.1 Å². The average Bonchev–Trinajstić information content (AvgIpc) is 1.25. The zero-order valence-corrected chi connectivity index (χ0v) is 56.8. The minimum absolute atomic E-state index is 0. The summed E-state index contributed by atoms with van der Waals surface area (Å²) >= 11 is 4.73. The summed E-state index contributed by atoms with van der Waals surface area (Å²) in [6.45, 7) is 40.6. The summed E-state index contributed by atoms with van der Waals surface area (Å²) in [5, 5.41) is 71.9. The van der Waals surface area contributed by atoms with Crippen LogP contribution in [0.3, 0.4) is 0 Å². The molecule has 510 valence electrons. The van der Waals surface area contributed by atoms with Gasteiger partial charge >= 0.3 is 0 Å². The molecular weight excluding hydrogens is 1200 g/mol. The van der Waals surface area contributed by atoms with Gasteiger partial charge in [0.2, 0.25) is 0 Å². The SMILES string of the molecule is C.C.C.C.CC(C)=C(C)C#C/C(C)=C(/C)C1OCC(SC(C)(C)C(C)(O)Cn2cncn2)CO1.CC(C)=C(C)C#C/C(C)=C(/C)CO.CC(O)(Cn1cncn1)C(C)(C)SC(CO)CO.CC(O)(Cn1cncn1)C(C)(C)SC1COC(c2ccccc2)OC1. The Morgan fingerprint density at radius 2 is 0.856 bits per heavy atom. The average molecular weight is 1310 g/mol. The summed E-state index contributed by atoms with van der Waals surface area (Å²) in [4.78, 5) is 11.7. The molecule has 5 heterocycles. The summed E-state index contributed by atoms with van der Waals surface area (Å²) < 4.78 is 27.3. The number of rotatable bonds is 20. The molecule has 2 aliphatic rings. The van der Waals surface area contributed by atoms with Gasteiger partial charge in [-0.2, -0.15) is 15.3 Å². The fourth-order valence-electron chi connectivity index (χ4n) is 7.51. The minimum atomic E-state index is -1.05. The maximum atomic E-state index is 11.1. The van der Waals surface area contributed by atoms with E-state index in [0.717, 1.165) is 39.0 Å². The van der Waals surface area contributed by atoms with Gasteiger partial charge in [0.1, 0.15) is 38.0 Å². The Bertz CT molecular complexity index is 2890. The molecule has 3 aromatic heterocycles. The van der Waals surface area contributed by atoms with Crippen molar-refractivity contribution in [3.8, 4) is 23.7 Å². The Kier molecular flexibility index (Phi) is 39.3. The normalized spacial score (nSPS) is 19.0. The first kappa shape index (κ1) is 87.4. The lowest BCUT2D eigenvalue weighted by Gasteiger charge is -2.42. The number of aliphatic hydroxyl groups excluding tert-OH is 3. The van der Waals surface area contributed by atoms with Crippen molar-refractivity contribution < 1.29 is 49.6 Å². The van der Waals surface area contributed by atoms with Crippen molar-refractivity contribution in [1.29, 1.82) is 0 Å². The quantitative estimate of drug-likeness (QED) is 0.0450. The molecule has 90 heavy (non-hydrogen) atoms. The van der Waals surface area contributed by atoms with Crippen molar-refractivity contribution in [1.82, 2.24) is 44.3 Å². The number of nitrogens with zero attached hydrogens (tertiary/aromatic N) is 9. The molecule has 2 aliphatic heterocycles. The lowest BCUT2D eigenvalue weighted by atomic mass is 9.91. The van der Waals surface area contributed by atoms with Crippen LogP contribution in [0.25, 0.3) is 0 Å². The van der Waals surface area contributed by atoms with Crippen molar-refractivity contribution in [3.05, 3.63) is 118 Å². The first-order valence-electron chi connectivity index (χ1n) is 28.8. The number of thioether (sulfide) groups is 3. The van der Waals surface area contributed by atoms with E-state index in [1.807, 2.05) is 141 Å². The van der Waals surface area contributed by atoms with Gasteiger partial charge < -0.3 is 49.6 Å². The molecule has 0 aliphatic carbocycles. The Morgan fingerprint density at radius 3 is 1.19 bits per heavy atom. The highest BCUT2D eigenvalue weighted by Gasteiger charge is 2.45. The fraction of sp³-hybridized carbons (Fsp3) is 0.647. The number of hydrogen-bond acceptors (Lipinski definition) is 19. The van der Waals surface area contributed by atoms with Crippen molar-refractivity contribution in [2.24, 2.45) is 0 Å². The van der Waals surface area contributed by atoms with Crippen LogP contribution in [-0.4, -0.2) is 174 Å². The number of hydrogen-bond donors (Lipinski definition) is 6. The van der Waals surface area contributed by atoms with Crippen LogP contribution >= 0.6 is 35.3 Å². The van der Waals surface area contributed by atoms with Crippen LogP contribution in [0, 0.1) is 23.7 Å². The first-order chi connectivity index (χ1) is 40.1. The van der Waals surface area contributed by atoms with Gasteiger partial charge in [0, 0.05) is 31.0 Å². The smallest absolute Gasteiger partial charge is 0.183 e. The van der Waals surface area contributed by atoms with Gasteiger partial charge in [0.25, 0.3) is 0 Å². The molecule has 2 fully saturated rings. The molecule has 19 nitrogen and oxygen atoms in total. The van der Waals surface area contributed by atoms with E-state index < -0.39 is 31.0 Å². The highest BCUT2D eigenvalue weighted by atomic mass is 32.2. The molecule has 0 amide bonds. The second-order valence-corrected chi connectivity index (χ2v) is 30.0. The lowest BCUT2D eigenvalue weighted by molar-refractivity contribution is -0.180. The molecule has 0 radical (unpaired) electrons. The molecular formula is C68H115N9O10S3. The topological polar surface area (TPSA) is 250 Å². The van der Waals surface area contributed by atoms with Crippen LogP contribution in [0.2, 0.25) is 0 Å². The van der Waals surface area contributed by atoms with Gasteiger partial charge in [0.05, 0.1) is 98.4 Å². The van der Waals surface area contributed by atoms with Gasteiger partial charge in [-0.3, -0.25) is 14.0 Å². The van der Waals surface area contributed by atoms with Gasteiger partial charge in [-0.1, -0.05) is 94.9 Å². The molecule has 1 aromatic carbocycles. The van der Waals surface area contributed by atoms with Gasteiger partial charge in [-0.05, 0) is 154 Å². The second kappa shape index (κ2) is 40.5. The maximum Gasteiger partial charge on any atom is 0.183 e. The van der Waals surface area contributed by atoms with E-state index >= 15 is 0 Å². The zero-order valence-electron chi connectivity index (χ0n) is 54.4. The number of ether oxygens (including phenoxy) is 4. The molecule has 6 rings (SSSR count). The summed E-state index contributed by atoms with van der Waals surface area (Å²) in [7, 11) is 0. The monoisotopic (exact) mass is 1310 g/mol. The summed E-state index contributed by atoms with van der Waals surface area (Å²) in [5.41, 5.74) is 6.58. The summed E-state index contributed by atoms with van der Waals surface area (Å²) in [6.07, 6.45) is 8.47. The van der Waals surface area contributed by atoms with Crippen LogP contribution < -0.4 is 0 Å². The molecule has 3 atom stereocenters. The van der Waals surface area contributed by atoms with Crippen LogP contribution in [0.1, 0.15) is 173 Å². The van der Waals surface area contributed by atoms with Crippen molar-refractivity contribution >= 4 is 35.3 Å². The van der Waals surface area contributed by atoms with E-state index in [2.05, 4.69) is 67.8 Å². The lowest BCUT2D eigenvalue weighted by Crippen LogP contribution is -2.50. The number of benzene rings is 1. The summed E-state index contributed by atoms with van der Waals surface area (Å²) in [5.74, 6) is 12.5. The molecule has 0 bridgehead atoms. The van der Waals surface area contributed by atoms with Gasteiger partial charge in [0.15, 0.2) is 12.6 Å². The second-order valence-electron chi connectivity index (χ2n) is 24.2. The highest BCUT2D eigenvalue weighted by Crippen LogP contribution is 2.43.